The van der Waals surface area contributed by atoms with Gasteiger partial charge in [0.2, 0.25) is 0 Å². The molecule has 4 rings (SSSR count). The molecule has 9 heteroatoms. The molecule has 0 radical (unpaired) electrons. The smallest absolute Gasteiger partial charge is 0.323 e. The highest BCUT2D eigenvalue weighted by atomic mass is 35.5. The van der Waals surface area contributed by atoms with E-state index in [1.54, 1.807) is 36.4 Å². The van der Waals surface area contributed by atoms with Crippen LogP contribution in [0, 0.1) is 0 Å². The number of carboxylic acids is 1. The van der Waals surface area contributed by atoms with Gasteiger partial charge in [-0.25, -0.2) is 0 Å². The third-order valence-electron chi connectivity index (χ3n) is 4.98. The second-order valence-electron chi connectivity index (χ2n) is 7.56. The van der Waals surface area contributed by atoms with Crippen molar-refractivity contribution in [2.45, 2.75) is 13.2 Å². The summed E-state index contributed by atoms with van der Waals surface area (Å²) in [5.74, 6) is -0.498. The Morgan fingerprint density at radius 3 is 2.31 bits per heavy atom. The Morgan fingerprint density at radius 2 is 1.63 bits per heavy atom. The van der Waals surface area contributed by atoms with Crippen molar-refractivity contribution >= 4 is 57.9 Å². The molecule has 0 aliphatic carbocycles. The molecular weight excluding hydrogens is 506 g/mol. The average Bonchev–Trinajstić information content (AvgIpc) is 3.10. The Bertz CT molecular complexity index is 1280. The first-order valence-corrected chi connectivity index (χ1v) is 12.1. The van der Waals surface area contributed by atoms with Gasteiger partial charge in [-0.15, -0.1) is 0 Å². The van der Waals surface area contributed by atoms with Crippen molar-refractivity contribution in [3.63, 3.8) is 0 Å². The fourth-order valence-electron chi connectivity index (χ4n) is 3.25. The molecule has 0 bridgehead atoms. The lowest BCUT2D eigenvalue weighted by Crippen LogP contribution is -2.33. The molecule has 1 fully saturated rings. The second-order valence-corrected chi connectivity index (χ2v) is 9.67. The van der Waals surface area contributed by atoms with Crippen LogP contribution in [0.5, 0.6) is 11.5 Å². The van der Waals surface area contributed by atoms with Gasteiger partial charge >= 0.3 is 5.97 Å². The van der Waals surface area contributed by atoms with Gasteiger partial charge in [0, 0.05) is 5.02 Å². The highest BCUT2D eigenvalue weighted by molar-refractivity contribution is 8.26. The molecule has 35 heavy (non-hydrogen) atoms. The van der Waals surface area contributed by atoms with Crippen molar-refractivity contribution in [3.8, 4) is 11.5 Å². The predicted molar refractivity (Wildman–Crippen MR) is 141 cm³/mol. The number of nitrogens with zero attached hydrogens (tertiary/aromatic N) is 1. The summed E-state index contributed by atoms with van der Waals surface area (Å²) in [7, 11) is 0. The van der Waals surface area contributed by atoms with E-state index >= 15 is 0 Å². The quantitative estimate of drug-likeness (QED) is 0.280. The zero-order valence-corrected chi connectivity index (χ0v) is 20.7. The maximum absolute atomic E-state index is 12.6. The number of carbonyl (C=O) groups is 2. The van der Waals surface area contributed by atoms with E-state index < -0.39 is 18.4 Å². The Balaban J connectivity index is 1.57. The average molecular weight is 526 g/mol. The van der Waals surface area contributed by atoms with E-state index in [4.69, 9.17) is 38.4 Å². The molecule has 1 heterocycles. The van der Waals surface area contributed by atoms with E-state index in [1.165, 1.54) is 0 Å². The molecule has 3 aromatic carbocycles. The largest absolute Gasteiger partial charge is 0.485 e. The minimum absolute atomic E-state index is 0.215. The van der Waals surface area contributed by atoms with Crippen LogP contribution in [0.2, 0.25) is 5.02 Å². The summed E-state index contributed by atoms with van der Waals surface area (Å²) < 4.78 is 12.3. The van der Waals surface area contributed by atoms with Gasteiger partial charge in [-0.2, -0.15) is 0 Å². The van der Waals surface area contributed by atoms with Crippen LogP contribution < -0.4 is 9.47 Å². The van der Waals surface area contributed by atoms with Crippen LogP contribution in [0.25, 0.3) is 6.08 Å². The third kappa shape index (κ3) is 6.63. The van der Waals surface area contributed by atoms with E-state index in [1.807, 2.05) is 42.5 Å². The van der Waals surface area contributed by atoms with Crippen LogP contribution in [0.1, 0.15) is 16.7 Å². The Kier molecular flexibility index (Phi) is 8.07. The number of aliphatic carboxylic acids is 1. The number of hydrogen-bond acceptors (Lipinski definition) is 6. The summed E-state index contributed by atoms with van der Waals surface area (Å²) in [4.78, 5) is 25.1. The fraction of sp³-hybridized carbons (Fsp3) is 0.115. The van der Waals surface area contributed by atoms with Crippen LogP contribution in [0.15, 0.2) is 77.7 Å². The van der Waals surface area contributed by atoms with Gasteiger partial charge in [-0.05, 0) is 47.0 Å². The van der Waals surface area contributed by atoms with Crippen molar-refractivity contribution < 1.29 is 24.2 Å². The molecule has 6 nitrogen and oxygen atoms in total. The molecule has 0 unspecified atom stereocenters. The lowest BCUT2D eigenvalue weighted by atomic mass is 10.1. The van der Waals surface area contributed by atoms with Gasteiger partial charge in [0.15, 0.2) is 11.5 Å². The normalized spacial score (nSPS) is 14.4. The van der Waals surface area contributed by atoms with Crippen molar-refractivity contribution in [1.82, 2.24) is 4.90 Å². The minimum Gasteiger partial charge on any atom is -0.485 e. The molecule has 1 aliphatic rings. The van der Waals surface area contributed by atoms with Gasteiger partial charge in [0.05, 0.1) is 4.91 Å². The lowest BCUT2D eigenvalue weighted by molar-refractivity contribution is -0.140. The van der Waals surface area contributed by atoms with Crippen LogP contribution in [0.4, 0.5) is 0 Å². The molecule has 3 aromatic rings. The summed E-state index contributed by atoms with van der Waals surface area (Å²) in [6.45, 7) is 0.194. The SMILES string of the molecule is O=C(O)CN1C(=O)C(=Cc2ccc(OCc3ccc(Cl)cc3)c(OCc3ccccc3)c2)SC1=S. The molecule has 1 aliphatic heterocycles. The number of carbonyl (C=O) groups excluding carboxylic acids is 1. The van der Waals surface area contributed by atoms with Crippen LogP contribution >= 0.6 is 35.6 Å². The summed E-state index contributed by atoms with van der Waals surface area (Å²) in [6, 6.07) is 22.5. The number of rotatable bonds is 9. The third-order valence-corrected chi connectivity index (χ3v) is 6.61. The Hall–Kier alpha value is -3.33. The van der Waals surface area contributed by atoms with Crippen molar-refractivity contribution in [1.29, 1.82) is 0 Å². The van der Waals surface area contributed by atoms with E-state index in [9.17, 15) is 9.59 Å². The molecule has 0 saturated carbocycles. The first kappa shape index (κ1) is 24.8. The van der Waals surface area contributed by atoms with E-state index in [0.717, 1.165) is 27.8 Å². The van der Waals surface area contributed by atoms with Gasteiger partial charge in [0.1, 0.15) is 24.1 Å². The lowest BCUT2D eigenvalue weighted by Gasteiger charge is -2.14. The molecule has 1 saturated heterocycles. The molecule has 0 spiro atoms. The van der Waals surface area contributed by atoms with Gasteiger partial charge in [-0.3, -0.25) is 14.5 Å². The number of halogens is 1. The van der Waals surface area contributed by atoms with Crippen LogP contribution in [0.3, 0.4) is 0 Å². The Labute approximate surface area is 217 Å². The van der Waals surface area contributed by atoms with Crippen molar-refractivity contribution in [2.24, 2.45) is 0 Å². The Morgan fingerprint density at radius 1 is 0.971 bits per heavy atom. The number of amides is 1. The number of benzene rings is 3. The van der Waals surface area contributed by atoms with Crippen molar-refractivity contribution in [2.75, 3.05) is 6.54 Å². The zero-order valence-electron chi connectivity index (χ0n) is 18.3. The minimum atomic E-state index is -1.12. The molecule has 1 N–H and O–H groups in total. The first-order valence-electron chi connectivity index (χ1n) is 10.5. The second kappa shape index (κ2) is 11.4. The highest BCUT2D eigenvalue weighted by Gasteiger charge is 2.33. The van der Waals surface area contributed by atoms with E-state index in [-0.39, 0.29) is 4.32 Å². The van der Waals surface area contributed by atoms with E-state index in [0.29, 0.717) is 40.2 Å². The van der Waals surface area contributed by atoms with Gasteiger partial charge in [-0.1, -0.05) is 84.1 Å². The zero-order chi connectivity index (χ0) is 24.8. The number of thiocarbonyl (C=S) groups is 1. The summed E-state index contributed by atoms with van der Waals surface area (Å²) >= 11 is 12.2. The molecule has 1 amide bonds. The van der Waals surface area contributed by atoms with E-state index in [2.05, 4.69) is 0 Å². The monoisotopic (exact) mass is 525 g/mol. The number of carboxylic acid groups (broad SMARTS) is 1. The molecule has 0 aromatic heterocycles. The molecule has 0 atom stereocenters. The van der Waals surface area contributed by atoms with Gasteiger partial charge < -0.3 is 14.6 Å². The highest BCUT2D eigenvalue weighted by Crippen LogP contribution is 2.35. The number of ether oxygens (including phenoxy) is 2. The number of thioether (sulfide) groups is 1. The molecule has 178 valence electrons. The van der Waals surface area contributed by atoms with Gasteiger partial charge in [0.25, 0.3) is 5.91 Å². The first-order chi connectivity index (χ1) is 16.9. The summed E-state index contributed by atoms with van der Waals surface area (Å²) in [5, 5.41) is 9.68. The maximum Gasteiger partial charge on any atom is 0.323 e. The predicted octanol–water partition coefficient (Wildman–Crippen LogP) is 5.78. The standard InChI is InChI=1S/C26H20ClNO5S2/c27-20-9-6-18(7-10-20)16-32-21-11-8-19(12-22(21)33-15-17-4-2-1-3-5-17)13-23-25(31)28(14-24(29)30)26(34)35-23/h1-13H,14-16H2,(H,29,30). The topological polar surface area (TPSA) is 76.1 Å². The fourth-order valence-corrected chi connectivity index (χ4v) is 4.63. The molecular formula is C26H20ClNO5S2. The summed E-state index contributed by atoms with van der Waals surface area (Å²) in [6.07, 6.45) is 1.67. The van der Waals surface area contributed by atoms with Crippen LogP contribution in [-0.4, -0.2) is 32.7 Å². The maximum atomic E-state index is 12.6. The summed E-state index contributed by atoms with van der Waals surface area (Å²) in [5.41, 5.74) is 2.65. The van der Waals surface area contributed by atoms with Crippen molar-refractivity contribution in [3.05, 3.63) is 99.4 Å². The number of hydrogen-bond donors (Lipinski definition) is 1. The van der Waals surface area contributed by atoms with Crippen LogP contribution in [-0.2, 0) is 22.8 Å².